The number of ether oxygens (including phenoxy) is 2. The third kappa shape index (κ3) is 4.92. The van der Waals surface area contributed by atoms with Crippen LogP contribution in [0.3, 0.4) is 0 Å². The standard InChI is InChI=1S/C15H22N2O3/c1-19-12-20-14-7-9-17(10-8-14)11-15(18)16-13-5-3-2-4-6-13/h2-6,14H,7-12H2,1H3,(H,16,18). The molecule has 110 valence electrons. The summed E-state index contributed by atoms with van der Waals surface area (Å²) in [6, 6.07) is 9.54. The highest BCUT2D eigenvalue weighted by molar-refractivity contribution is 5.92. The molecule has 0 radical (unpaired) electrons. The highest BCUT2D eigenvalue weighted by Gasteiger charge is 2.21. The molecule has 0 aromatic heterocycles. The van der Waals surface area contributed by atoms with E-state index in [9.17, 15) is 4.79 Å². The van der Waals surface area contributed by atoms with E-state index in [-0.39, 0.29) is 12.0 Å². The molecule has 1 heterocycles. The van der Waals surface area contributed by atoms with E-state index in [1.807, 2.05) is 30.3 Å². The van der Waals surface area contributed by atoms with Crippen LogP contribution in [0.25, 0.3) is 0 Å². The van der Waals surface area contributed by atoms with Gasteiger partial charge in [-0.25, -0.2) is 0 Å². The van der Waals surface area contributed by atoms with Crippen LogP contribution >= 0.6 is 0 Å². The highest BCUT2D eigenvalue weighted by Crippen LogP contribution is 2.13. The van der Waals surface area contributed by atoms with Gasteiger partial charge in [0, 0.05) is 25.9 Å². The summed E-state index contributed by atoms with van der Waals surface area (Å²) >= 11 is 0. The second-order valence-corrected chi connectivity index (χ2v) is 4.96. The molecule has 1 aliphatic rings. The van der Waals surface area contributed by atoms with Crippen molar-refractivity contribution in [3.05, 3.63) is 30.3 Å². The Bertz CT molecular complexity index is 403. The van der Waals surface area contributed by atoms with Crippen LogP contribution in [0.15, 0.2) is 30.3 Å². The Hall–Kier alpha value is -1.43. The Kier molecular flexibility index (Phi) is 5.98. The number of likely N-dealkylation sites (tertiary alicyclic amines) is 1. The topological polar surface area (TPSA) is 50.8 Å². The molecule has 0 aliphatic carbocycles. The van der Waals surface area contributed by atoms with Gasteiger partial charge in [-0.3, -0.25) is 9.69 Å². The van der Waals surface area contributed by atoms with Gasteiger partial charge >= 0.3 is 0 Å². The lowest BCUT2D eigenvalue weighted by Gasteiger charge is -2.31. The zero-order valence-electron chi connectivity index (χ0n) is 11.9. The van der Waals surface area contributed by atoms with E-state index < -0.39 is 0 Å². The molecule has 1 fully saturated rings. The molecule has 0 unspecified atom stereocenters. The number of nitrogens with zero attached hydrogens (tertiary/aromatic N) is 1. The van der Waals surface area contributed by atoms with Gasteiger partial charge in [-0.1, -0.05) is 18.2 Å². The molecule has 20 heavy (non-hydrogen) atoms. The SMILES string of the molecule is COCOC1CCN(CC(=O)Nc2ccccc2)CC1. The number of hydrogen-bond acceptors (Lipinski definition) is 4. The number of amides is 1. The number of benzene rings is 1. The molecule has 1 aliphatic heterocycles. The number of anilines is 1. The number of methoxy groups -OCH3 is 1. The summed E-state index contributed by atoms with van der Waals surface area (Å²) in [6.45, 7) is 2.55. The second kappa shape index (κ2) is 7.99. The van der Waals surface area contributed by atoms with Gasteiger partial charge in [0.1, 0.15) is 6.79 Å². The largest absolute Gasteiger partial charge is 0.359 e. The Labute approximate surface area is 119 Å². The minimum Gasteiger partial charge on any atom is -0.359 e. The highest BCUT2D eigenvalue weighted by atomic mass is 16.7. The monoisotopic (exact) mass is 278 g/mol. The fourth-order valence-corrected chi connectivity index (χ4v) is 2.32. The number of carbonyl (C=O) groups is 1. The van der Waals surface area contributed by atoms with Crippen LogP contribution in [0.4, 0.5) is 5.69 Å². The Morgan fingerprint density at radius 2 is 2.00 bits per heavy atom. The predicted octanol–water partition coefficient (Wildman–Crippen LogP) is 1.71. The molecule has 0 bridgehead atoms. The van der Waals surface area contributed by atoms with E-state index in [2.05, 4.69) is 10.2 Å². The van der Waals surface area contributed by atoms with Gasteiger partial charge in [-0.15, -0.1) is 0 Å². The molecular formula is C15H22N2O3. The predicted molar refractivity (Wildman–Crippen MR) is 77.5 cm³/mol. The lowest BCUT2D eigenvalue weighted by molar-refractivity contribution is -0.119. The Morgan fingerprint density at radius 1 is 1.30 bits per heavy atom. The van der Waals surface area contributed by atoms with Crippen LogP contribution in [0.5, 0.6) is 0 Å². The number of piperidine rings is 1. The fourth-order valence-electron chi connectivity index (χ4n) is 2.32. The van der Waals surface area contributed by atoms with Gasteiger partial charge < -0.3 is 14.8 Å². The lowest BCUT2D eigenvalue weighted by atomic mass is 10.1. The van der Waals surface area contributed by atoms with Crippen LogP contribution in [0.2, 0.25) is 0 Å². The summed E-state index contributed by atoms with van der Waals surface area (Å²) in [6.07, 6.45) is 2.15. The molecule has 5 heteroatoms. The van der Waals surface area contributed by atoms with Crippen LogP contribution in [-0.2, 0) is 14.3 Å². The minimum atomic E-state index is 0.0347. The molecule has 2 rings (SSSR count). The Balaban J connectivity index is 1.68. The van der Waals surface area contributed by atoms with E-state index in [1.165, 1.54) is 0 Å². The molecule has 5 nitrogen and oxygen atoms in total. The van der Waals surface area contributed by atoms with Crippen molar-refractivity contribution in [1.29, 1.82) is 0 Å². The van der Waals surface area contributed by atoms with Gasteiger partial charge in [-0.2, -0.15) is 0 Å². The summed E-state index contributed by atoms with van der Waals surface area (Å²) in [5.74, 6) is 0.0347. The molecule has 0 atom stereocenters. The van der Waals surface area contributed by atoms with Crippen molar-refractivity contribution in [3.63, 3.8) is 0 Å². The average Bonchev–Trinajstić information content (AvgIpc) is 2.47. The van der Waals surface area contributed by atoms with Gasteiger partial charge in [0.05, 0.1) is 12.6 Å². The number of rotatable bonds is 6. The van der Waals surface area contributed by atoms with Crippen LogP contribution in [0.1, 0.15) is 12.8 Å². The fraction of sp³-hybridized carbons (Fsp3) is 0.533. The third-order valence-corrected chi connectivity index (χ3v) is 3.38. The first kappa shape index (κ1) is 15.0. The quantitative estimate of drug-likeness (QED) is 0.805. The number of nitrogens with one attached hydrogen (secondary N) is 1. The summed E-state index contributed by atoms with van der Waals surface area (Å²) < 4.78 is 10.4. The summed E-state index contributed by atoms with van der Waals surface area (Å²) in [4.78, 5) is 14.1. The zero-order chi connectivity index (χ0) is 14.2. The first-order chi connectivity index (χ1) is 9.78. The number of carbonyl (C=O) groups excluding carboxylic acids is 1. The lowest BCUT2D eigenvalue weighted by Crippen LogP contribution is -2.41. The van der Waals surface area contributed by atoms with Crippen molar-refractivity contribution in [1.82, 2.24) is 4.90 Å². The first-order valence-corrected chi connectivity index (χ1v) is 6.95. The molecule has 1 aromatic carbocycles. The van der Waals surface area contributed by atoms with Crippen LogP contribution in [0, 0.1) is 0 Å². The van der Waals surface area contributed by atoms with E-state index in [1.54, 1.807) is 7.11 Å². The van der Waals surface area contributed by atoms with Gasteiger partial charge in [-0.05, 0) is 25.0 Å². The molecule has 0 saturated carbocycles. The maximum atomic E-state index is 11.9. The van der Waals surface area contributed by atoms with Crippen molar-refractivity contribution in [3.8, 4) is 0 Å². The van der Waals surface area contributed by atoms with E-state index >= 15 is 0 Å². The van der Waals surface area contributed by atoms with Gasteiger partial charge in [0.15, 0.2) is 0 Å². The van der Waals surface area contributed by atoms with Crippen molar-refractivity contribution >= 4 is 11.6 Å². The van der Waals surface area contributed by atoms with Crippen molar-refractivity contribution < 1.29 is 14.3 Å². The van der Waals surface area contributed by atoms with Crippen LogP contribution < -0.4 is 5.32 Å². The molecule has 1 N–H and O–H groups in total. The molecule has 1 aromatic rings. The zero-order valence-corrected chi connectivity index (χ0v) is 11.9. The molecule has 1 saturated heterocycles. The van der Waals surface area contributed by atoms with E-state index in [0.717, 1.165) is 31.6 Å². The number of para-hydroxylation sites is 1. The van der Waals surface area contributed by atoms with E-state index in [4.69, 9.17) is 9.47 Å². The third-order valence-electron chi connectivity index (χ3n) is 3.38. The smallest absolute Gasteiger partial charge is 0.238 e. The summed E-state index contributed by atoms with van der Waals surface area (Å²) in [5, 5.41) is 2.90. The van der Waals surface area contributed by atoms with Gasteiger partial charge in [0.25, 0.3) is 0 Å². The molecule has 0 spiro atoms. The summed E-state index contributed by atoms with van der Waals surface area (Å²) in [5.41, 5.74) is 0.843. The second-order valence-electron chi connectivity index (χ2n) is 4.96. The van der Waals surface area contributed by atoms with Crippen molar-refractivity contribution in [2.24, 2.45) is 0 Å². The first-order valence-electron chi connectivity index (χ1n) is 6.95. The normalized spacial score (nSPS) is 17.1. The van der Waals surface area contributed by atoms with Crippen LogP contribution in [-0.4, -0.2) is 50.4 Å². The van der Waals surface area contributed by atoms with Gasteiger partial charge in [0.2, 0.25) is 5.91 Å². The molecular weight excluding hydrogens is 256 g/mol. The van der Waals surface area contributed by atoms with Crippen molar-refractivity contribution in [2.75, 3.05) is 38.9 Å². The van der Waals surface area contributed by atoms with Crippen molar-refractivity contribution in [2.45, 2.75) is 18.9 Å². The molecule has 1 amide bonds. The maximum absolute atomic E-state index is 11.9. The van der Waals surface area contributed by atoms with E-state index in [0.29, 0.717) is 13.3 Å². The maximum Gasteiger partial charge on any atom is 0.238 e. The summed E-state index contributed by atoms with van der Waals surface area (Å²) in [7, 11) is 1.63. The average molecular weight is 278 g/mol. The Morgan fingerprint density at radius 3 is 2.65 bits per heavy atom. The number of hydrogen-bond donors (Lipinski definition) is 1. The minimum absolute atomic E-state index is 0.0347.